The van der Waals surface area contributed by atoms with Gasteiger partial charge in [-0.1, -0.05) is 41.6 Å². The minimum Gasteiger partial charge on any atom is -0.494 e. The summed E-state index contributed by atoms with van der Waals surface area (Å²) in [6.45, 7) is 6.73. The highest BCUT2D eigenvalue weighted by Crippen LogP contribution is 2.22. The van der Waals surface area contributed by atoms with Gasteiger partial charge in [-0.2, -0.15) is 0 Å². The van der Waals surface area contributed by atoms with Crippen LogP contribution in [0.15, 0.2) is 60.0 Å². The second kappa shape index (κ2) is 10.8. The van der Waals surface area contributed by atoms with E-state index < -0.39 is 0 Å². The molecule has 0 bridgehead atoms. The van der Waals surface area contributed by atoms with Crippen molar-refractivity contribution in [2.24, 2.45) is 0 Å². The molecule has 9 heteroatoms. The molecule has 1 amide bonds. The molecular formula is C23H26ClN5O2S. The first-order chi connectivity index (χ1) is 15.6. The largest absolute Gasteiger partial charge is 0.494 e. The fraction of sp³-hybridized carbons (Fsp3) is 0.348. The lowest BCUT2D eigenvalue weighted by atomic mass is 10.2. The number of thioether (sulfide) groups is 1. The zero-order chi connectivity index (χ0) is 22.3. The van der Waals surface area contributed by atoms with E-state index in [4.69, 9.17) is 16.3 Å². The first-order valence-electron chi connectivity index (χ1n) is 10.6. The fourth-order valence-corrected chi connectivity index (χ4v) is 4.63. The van der Waals surface area contributed by atoms with E-state index in [1.54, 1.807) is 6.33 Å². The van der Waals surface area contributed by atoms with Crippen LogP contribution >= 0.6 is 23.4 Å². The van der Waals surface area contributed by atoms with E-state index in [1.165, 1.54) is 17.3 Å². The van der Waals surface area contributed by atoms with Crippen molar-refractivity contribution in [1.82, 2.24) is 24.6 Å². The second-order valence-corrected chi connectivity index (χ2v) is 8.86. The molecule has 4 rings (SSSR count). The summed E-state index contributed by atoms with van der Waals surface area (Å²) in [4.78, 5) is 17.1. The molecule has 0 atom stereocenters. The monoisotopic (exact) mass is 471 g/mol. The van der Waals surface area contributed by atoms with E-state index in [0.717, 1.165) is 44.2 Å². The van der Waals surface area contributed by atoms with Gasteiger partial charge in [0.25, 0.3) is 0 Å². The third-order valence-electron chi connectivity index (χ3n) is 5.29. The zero-order valence-corrected chi connectivity index (χ0v) is 19.6. The standard InChI is InChI=1S/C23H26ClN5O2S/c1-2-31-21-8-6-18(7-9-21)15-27-10-12-28(13-11-27)22(30)16-32-23-26-25-17-29(23)20-5-3-4-19(24)14-20/h3-9,14,17H,2,10-13,15-16H2,1H3. The van der Waals surface area contributed by atoms with E-state index in [2.05, 4.69) is 27.2 Å². The van der Waals surface area contributed by atoms with E-state index >= 15 is 0 Å². The normalized spacial score (nSPS) is 14.5. The molecule has 2 aromatic carbocycles. The Balaban J connectivity index is 1.25. The predicted molar refractivity (Wildman–Crippen MR) is 127 cm³/mol. The number of halogens is 1. The quantitative estimate of drug-likeness (QED) is 0.466. The van der Waals surface area contributed by atoms with Crippen LogP contribution in [0.25, 0.3) is 5.69 Å². The number of hydrogen-bond acceptors (Lipinski definition) is 6. The molecule has 2 heterocycles. The summed E-state index contributed by atoms with van der Waals surface area (Å²) in [7, 11) is 0. The average molecular weight is 472 g/mol. The number of aromatic nitrogens is 3. The van der Waals surface area contributed by atoms with Gasteiger partial charge < -0.3 is 9.64 Å². The van der Waals surface area contributed by atoms with Crippen LogP contribution in [0, 0.1) is 0 Å². The second-order valence-electron chi connectivity index (χ2n) is 7.49. The van der Waals surface area contributed by atoms with Crippen LogP contribution in [-0.2, 0) is 11.3 Å². The first kappa shape index (κ1) is 22.6. The molecular weight excluding hydrogens is 446 g/mol. The Kier molecular flexibility index (Phi) is 7.68. The average Bonchev–Trinajstić information content (AvgIpc) is 3.28. The Morgan fingerprint density at radius 2 is 1.91 bits per heavy atom. The van der Waals surface area contributed by atoms with Gasteiger partial charge in [0.2, 0.25) is 5.91 Å². The molecule has 32 heavy (non-hydrogen) atoms. The highest BCUT2D eigenvalue weighted by Gasteiger charge is 2.22. The third kappa shape index (κ3) is 5.82. The maximum absolute atomic E-state index is 12.8. The number of carbonyl (C=O) groups excluding carboxylic acids is 1. The van der Waals surface area contributed by atoms with Crippen LogP contribution in [0.2, 0.25) is 5.02 Å². The van der Waals surface area contributed by atoms with Crippen molar-refractivity contribution in [3.05, 3.63) is 65.4 Å². The van der Waals surface area contributed by atoms with Crippen molar-refractivity contribution in [3.8, 4) is 11.4 Å². The lowest BCUT2D eigenvalue weighted by Crippen LogP contribution is -2.48. The number of rotatable bonds is 8. The molecule has 168 valence electrons. The molecule has 0 radical (unpaired) electrons. The van der Waals surface area contributed by atoms with Gasteiger partial charge in [-0.25, -0.2) is 0 Å². The Bertz CT molecular complexity index is 1030. The smallest absolute Gasteiger partial charge is 0.233 e. The molecule has 7 nitrogen and oxygen atoms in total. The highest BCUT2D eigenvalue weighted by molar-refractivity contribution is 7.99. The van der Waals surface area contributed by atoms with E-state index in [0.29, 0.717) is 22.5 Å². The minimum absolute atomic E-state index is 0.122. The van der Waals surface area contributed by atoms with E-state index in [9.17, 15) is 4.79 Å². The molecule has 0 N–H and O–H groups in total. The molecule has 1 aromatic heterocycles. The topological polar surface area (TPSA) is 63.5 Å². The van der Waals surface area contributed by atoms with Crippen LogP contribution in [-0.4, -0.2) is 69.0 Å². The van der Waals surface area contributed by atoms with Crippen LogP contribution in [0.3, 0.4) is 0 Å². The van der Waals surface area contributed by atoms with Crippen molar-refractivity contribution >= 4 is 29.3 Å². The van der Waals surface area contributed by atoms with Gasteiger partial charge in [0.15, 0.2) is 5.16 Å². The maximum atomic E-state index is 12.8. The van der Waals surface area contributed by atoms with Crippen molar-refractivity contribution in [1.29, 1.82) is 0 Å². The number of nitrogens with zero attached hydrogens (tertiary/aromatic N) is 5. The summed E-state index contributed by atoms with van der Waals surface area (Å²) in [6, 6.07) is 15.7. The Morgan fingerprint density at radius 1 is 1.12 bits per heavy atom. The highest BCUT2D eigenvalue weighted by atomic mass is 35.5. The number of ether oxygens (including phenoxy) is 1. The van der Waals surface area contributed by atoms with Gasteiger partial charge in [0.1, 0.15) is 12.1 Å². The summed E-state index contributed by atoms with van der Waals surface area (Å²) in [5.74, 6) is 1.35. The lowest BCUT2D eigenvalue weighted by molar-refractivity contribution is -0.130. The number of carbonyl (C=O) groups is 1. The molecule has 1 saturated heterocycles. The molecule has 3 aromatic rings. The van der Waals surface area contributed by atoms with Crippen LogP contribution < -0.4 is 4.74 Å². The molecule has 0 unspecified atom stereocenters. The molecule has 0 saturated carbocycles. The summed E-state index contributed by atoms with van der Waals surface area (Å²) in [5.41, 5.74) is 2.13. The number of hydrogen-bond donors (Lipinski definition) is 0. The molecule has 1 fully saturated rings. The summed E-state index contributed by atoms with van der Waals surface area (Å²) < 4.78 is 7.35. The minimum atomic E-state index is 0.122. The Hall–Kier alpha value is -2.55. The zero-order valence-electron chi connectivity index (χ0n) is 18.0. The van der Waals surface area contributed by atoms with E-state index in [-0.39, 0.29) is 5.91 Å². The number of benzene rings is 2. The number of piperazine rings is 1. The number of amides is 1. The first-order valence-corrected chi connectivity index (χ1v) is 12.0. The van der Waals surface area contributed by atoms with E-state index in [1.807, 2.05) is 52.8 Å². The van der Waals surface area contributed by atoms with Gasteiger partial charge >= 0.3 is 0 Å². The molecule has 0 aliphatic carbocycles. The lowest BCUT2D eigenvalue weighted by Gasteiger charge is -2.34. The Labute approximate surface area is 197 Å². The van der Waals surface area contributed by atoms with Gasteiger partial charge in [-0.05, 0) is 42.8 Å². The SMILES string of the molecule is CCOc1ccc(CN2CCN(C(=O)CSc3nncn3-c3cccc(Cl)c3)CC2)cc1. The van der Waals surface area contributed by atoms with Gasteiger partial charge in [-0.3, -0.25) is 14.3 Å². The third-order valence-corrected chi connectivity index (χ3v) is 6.46. The van der Waals surface area contributed by atoms with Crippen LogP contribution in [0.4, 0.5) is 0 Å². The molecule has 1 aliphatic heterocycles. The molecule has 0 spiro atoms. The Morgan fingerprint density at radius 3 is 2.62 bits per heavy atom. The summed E-state index contributed by atoms with van der Waals surface area (Å²) >= 11 is 7.49. The van der Waals surface area contributed by atoms with Crippen molar-refractivity contribution in [2.75, 3.05) is 38.5 Å². The van der Waals surface area contributed by atoms with Crippen LogP contribution in [0.1, 0.15) is 12.5 Å². The fourth-order valence-electron chi connectivity index (χ4n) is 3.61. The van der Waals surface area contributed by atoms with Gasteiger partial charge in [-0.15, -0.1) is 10.2 Å². The van der Waals surface area contributed by atoms with Crippen molar-refractivity contribution in [2.45, 2.75) is 18.6 Å². The summed E-state index contributed by atoms with van der Waals surface area (Å²) in [6.07, 6.45) is 1.64. The molecule has 1 aliphatic rings. The van der Waals surface area contributed by atoms with Crippen molar-refractivity contribution < 1.29 is 9.53 Å². The maximum Gasteiger partial charge on any atom is 0.233 e. The van der Waals surface area contributed by atoms with Gasteiger partial charge in [0.05, 0.1) is 18.0 Å². The predicted octanol–water partition coefficient (Wildman–Crippen LogP) is 3.76. The van der Waals surface area contributed by atoms with Gasteiger partial charge in [0, 0.05) is 37.7 Å². The van der Waals surface area contributed by atoms with Crippen LogP contribution in [0.5, 0.6) is 5.75 Å². The summed E-state index contributed by atoms with van der Waals surface area (Å²) in [5, 5.41) is 9.48. The van der Waals surface area contributed by atoms with Crippen molar-refractivity contribution in [3.63, 3.8) is 0 Å².